The molecule has 1 fully saturated rings. The molecule has 1 saturated carbocycles. The first kappa shape index (κ1) is 22.9. The van der Waals surface area contributed by atoms with Gasteiger partial charge in [0.15, 0.2) is 11.3 Å². The highest BCUT2D eigenvalue weighted by molar-refractivity contribution is 5.91. The molecule has 0 atom stereocenters. The molecule has 0 saturated heterocycles. The Hall–Kier alpha value is -3.88. The number of halogens is 1. The Labute approximate surface area is 200 Å². The normalized spacial score (nSPS) is 15.4. The number of aliphatic carboxylic acids is 1. The Morgan fingerprint density at radius 2 is 1.86 bits per heavy atom. The van der Waals surface area contributed by atoms with Crippen LogP contribution in [0.1, 0.15) is 44.3 Å². The van der Waals surface area contributed by atoms with Gasteiger partial charge in [-0.25, -0.2) is 9.37 Å². The number of hydrogen-bond donors (Lipinski definition) is 1. The van der Waals surface area contributed by atoms with E-state index in [0.717, 1.165) is 32.1 Å². The standard InChI is InChI=1S/C26H25FN4O4/c1-35-18-8-5-16(6-9-18)23-25(34)29-24-19-10-7-17(27)13-20(19)28-21(31(24)30-23)14-26(15-22(32)33)11-3-2-4-12-26/h5-10,13H,2-4,11-12,14-15H2,1H3,(H,32,33). The van der Waals surface area contributed by atoms with Crippen molar-refractivity contribution in [1.82, 2.24) is 19.6 Å². The quantitative estimate of drug-likeness (QED) is 0.411. The van der Waals surface area contributed by atoms with E-state index in [1.807, 2.05) is 0 Å². The lowest BCUT2D eigenvalue weighted by atomic mass is 9.69. The number of ether oxygens (including phenoxy) is 1. The lowest BCUT2D eigenvalue weighted by Gasteiger charge is -2.36. The molecule has 0 unspecified atom stereocenters. The molecule has 35 heavy (non-hydrogen) atoms. The van der Waals surface area contributed by atoms with Crippen LogP contribution in [0.25, 0.3) is 27.8 Å². The van der Waals surface area contributed by atoms with Crippen molar-refractivity contribution < 1.29 is 19.0 Å². The first-order valence-corrected chi connectivity index (χ1v) is 11.6. The number of nitrogens with zero attached hydrogens (tertiary/aromatic N) is 4. The van der Waals surface area contributed by atoms with Gasteiger partial charge in [-0.3, -0.25) is 9.59 Å². The van der Waals surface area contributed by atoms with Gasteiger partial charge in [0, 0.05) is 23.4 Å². The molecule has 0 radical (unpaired) electrons. The van der Waals surface area contributed by atoms with Gasteiger partial charge >= 0.3 is 5.97 Å². The van der Waals surface area contributed by atoms with Crippen molar-refractivity contribution in [3.05, 3.63) is 64.5 Å². The average molecular weight is 477 g/mol. The van der Waals surface area contributed by atoms with Crippen LogP contribution in [0.3, 0.4) is 0 Å². The summed E-state index contributed by atoms with van der Waals surface area (Å²) in [4.78, 5) is 33.8. The lowest BCUT2D eigenvalue weighted by Crippen LogP contribution is -2.31. The molecule has 1 aliphatic carbocycles. The van der Waals surface area contributed by atoms with Crippen molar-refractivity contribution in [2.24, 2.45) is 5.41 Å². The van der Waals surface area contributed by atoms with Crippen LogP contribution in [0.5, 0.6) is 5.75 Å². The molecule has 1 N–H and O–H groups in total. The number of carboxylic acids is 1. The molecule has 5 rings (SSSR count). The Balaban J connectivity index is 1.73. The summed E-state index contributed by atoms with van der Waals surface area (Å²) in [5.74, 6) is -0.210. The summed E-state index contributed by atoms with van der Waals surface area (Å²) in [6.45, 7) is 0. The van der Waals surface area contributed by atoms with Crippen LogP contribution < -0.4 is 10.3 Å². The van der Waals surface area contributed by atoms with E-state index in [1.165, 1.54) is 22.7 Å². The van der Waals surface area contributed by atoms with E-state index in [4.69, 9.17) is 9.72 Å². The number of methoxy groups -OCH3 is 1. The molecule has 0 aliphatic heterocycles. The third-order valence-electron chi connectivity index (χ3n) is 6.84. The zero-order valence-electron chi connectivity index (χ0n) is 19.3. The first-order valence-electron chi connectivity index (χ1n) is 11.6. The molecule has 0 amide bonds. The van der Waals surface area contributed by atoms with E-state index in [1.54, 1.807) is 31.4 Å². The van der Waals surface area contributed by atoms with Gasteiger partial charge in [0.25, 0.3) is 5.56 Å². The number of aromatic nitrogens is 4. The molecule has 2 heterocycles. The van der Waals surface area contributed by atoms with Crippen molar-refractivity contribution in [1.29, 1.82) is 0 Å². The van der Waals surface area contributed by atoms with Gasteiger partial charge in [0.05, 0.1) is 19.0 Å². The topological polar surface area (TPSA) is 107 Å². The fourth-order valence-electron chi connectivity index (χ4n) is 5.13. The van der Waals surface area contributed by atoms with Crippen LogP contribution in [0, 0.1) is 11.2 Å². The zero-order valence-corrected chi connectivity index (χ0v) is 19.3. The van der Waals surface area contributed by atoms with Crippen molar-refractivity contribution in [2.75, 3.05) is 7.11 Å². The second-order valence-corrected chi connectivity index (χ2v) is 9.23. The van der Waals surface area contributed by atoms with Crippen LogP contribution >= 0.6 is 0 Å². The Morgan fingerprint density at radius 1 is 1.11 bits per heavy atom. The number of benzene rings is 2. The molecular formula is C26H25FN4O4. The van der Waals surface area contributed by atoms with Crippen molar-refractivity contribution >= 4 is 22.5 Å². The fraction of sp³-hybridized carbons (Fsp3) is 0.346. The molecular weight excluding hydrogens is 451 g/mol. The number of rotatable bonds is 6. The lowest BCUT2D eigenvalue weighted by molar-refractivity contribution is -0.140. The second kappa shape index (κ2) is 9.05. The van der Waals surface area contributed by atoms with Crippen molar-refractivity contribution in [3.8, 4) is 17.0 Å². The molecule has 9 heteroatoms. The predicted molar refractivity (Wildman–Crippen MR) is 128 cm³/mol. The fourth-order valence-corrected chi connectivity index (χ4v) is 5.13. The number of fused-ring (bicyclic) bond motifs is 3. The SMILES string of the molecule is COc1ccc(-c2nn3c(CC4(CC(=O)O)CCCCC4)nc4cc(F)ccc4c3nc2=O)cc1. The Bertz CT molecular complexity index is 1480. The van der Waals surface area contributed by atoms with Crippen LogP contribution in [-0.2, 0) is 11.2 Å². The largest absolute Gasteiger partial charge is 0.497 e. The van der Waals surface area contributed by atoms with Gasteiger partial charge in [-0.2, -0.15) is 14.6 Å². The summed E-state index contributed by atoms with van der Waals surface area (Å²) in [5.41, 5.74) is 0.332. The monoisotopic (exact) mass is 476 g/mol. The molecule has 4 aromatic rings. The van der Waals surface area contributed by atoms with E-state index in [0.29, 0.717) is 34.5 Å². The van der Waals surface area contributed by atoms with Gasteiger partial charge in [0.2, 0.25) is 0 Å². The molecule has 180 valence electrons. The van der Waals surface area contributed by atoms with E-state index < -0.39 is 22.8 Å². The van der Waals surface area contributed by atoms with E-state index >= 15 is 0 Å². The molecule has 2 aromatic carbocycles. The second-order valence-electron chi connectivity index (χ2n) is 9.23. The van der Waals surface area contributed by atoms with Gasteiger partial charge in [-0.15, -0.1) is 0 Å². The third-order valence-corrected chi connectivity index (χ3v) is 6.84. The molecule has 1 aliphatic rings. The molecule has 0 spiro atoms. The van der Waals surface area contributed by atoms with E-state index in [9.17, 15) is 19.1 Å². The predicted octanol–water partition coefficient (Wildman–Crippen LogP) is 4.42. The smallest absolute Gasteiger partial charge is 0.303 e. The average Bonchev–Trinajstić information content (AvgIpc) is 2.83. The van der Waals surface area contributed by atoms with Gasteiger partial charge in [-0.1, -0.05) is 19.3 Å². The van der Waals surface area contributed by atoms with Crippen LogP contribution in [0.2, 0.25) is 0 Å². The highest BCUT2D eigenvalue weighted by atomic mass is 19.1. The van der Waals surface area contributed by atoms with Crippen LogP contribution in [0.4, 0.5) is 4.39 Å². The highest BCUT2D eigenvalue weighted by Gasteiger charge is 2.36. The number of carboxylic acid groups (broad SMARTS) is 1. The maximum atomic E-state index is 14.1. The van der Waals surface area contributed by atoms with Crippen LogP contribution in [0.15, 0.2) is 47.3 Å². The summed E-state index contributed by atoms with van der Waals surface area (Å²) < 4.78 is 20.8. The minimum Gasteiger partial charge on any atom is -0.497 e. The summed E-state index contributed by atoms with van der Waals surface area (Å²) in [7, 11) is 1.56. The van der Waals surface area contributed by atoms with Crippen molar-refractivity contribution in [2.45, 2.75) is 44.9 Å². The van der Waals surface area contributed by atoms with Gasteiger partial charge in [-0.05, 0) is 54.7 Å². The van der Waals surface area contributed by atoms with Crippen LogP contribution in [-0.4, -0.2) is 37.8 Å². The van der Waals surface area contributed by atoms with Gasteiger partial charge in [0.1, 0.15) is 17.4 Å². The van der Waals surface area contributed by atoms with E-state index in [-0.39, 0.29) is 17.8 Å². The number of hydrogen-bond acceptors (Lipinski definition) is 6. The summed E-state index contributed by atoms with van der Waals surface area (Å²) >= 11 is 0. The first-order chi connectivity index (χ1) is 16.9. The Kier molecular flexibility index (Phi) is 5.92. The Morgan fingerprint density at radius 3 is 2.54 bits per heavy atom. The van der Waals surface area contributed by atoms with Gasteiger partial charge < -0.3 is 9.84 Å². The highest BCUT2D eigenvalue weighted by Crippen LogP contribution is 2.42. The minimum absolute atomic E-state index is 0.0102. The summed E-state index contributed by atoms with van der Waals surface area (Å²) in [6.07, 6.45) is 4.78. The minimum atomic E-state index is -0.861. The third kappa shape index (κ3) is 4.45. The number of carbonyl (C=O) groups is 1. The zero-order chi connectivity index (χ0) is 24.6. The molecule has 8 nitrogen and oxygen atoms in total. The van der Waals surface area contributed by atoms with Crippen molar-refractivity contribution in [3.63, 3.8) is 0 Å². The molecule has 0 bridgehead atoms. The summed E-state index contributed by atoms with van der Waals surface area (Å²) in [6, 6.07) is 11.1. The van der Waals surface area contributed by atoms with E-state index in [2.05, 4.69) is 10.1 Å². The summed E-state index contributed by atoms with van der Waals surface area (Å²) in [5, 5.41) is 14.8. The molecule has 2 aromatic heterocycles. The maximum absolute atomic E-state index is 14.1. The maximum Gasteiger partial charge on any atom is 0.303 e.